The predicted octanol–water partition coefficient (Wildman–Crippen LogP) is 2.77. The minimum atomic E-state index is 0.291. The van der Waals surface area contributed by atoms with Crippen LogP contribution in [0.4, 0.5) is 0 Å². The van der Waals surface area contributed by atoms with Gasteiger partial charge in [0.1, 0.15) is 5.75 Å². The van der Waals surface area contributed by atoms with Gasteiger partial charge >= 0.3 is 0 Å². The summed E-state index contributed by atoms with van der Waals surface area (Å²) in [6, 6.07) is 7.73. The van der Waals surface area contributed by atoms with Crippen molar-refractivity contribution in [2.75, 3.05) is 19.6 Å². The summed E-state index contributed by atoms with van der Waals surface area (Å²) in [6.07, 6.45) is 2.43. The molecule has 0 atom stereocenters. The number of likely N-dealkylation sites (tertiary alicyclic amines) is 1. The molecule has 1 heterocycles. The van der Waals surface area contributed by atoms with E-state index in [1.54, 1.807) is 12.1 Å². The molecule has 2 rings (SSSR count). The Hall–Kier alpha value is -1.02. The number of benzene rings is 1. The molecular weight excluding hydrogens is 198 g/mol. The van der Waals surface area contributed by atoms with Crippen LogP contribution in [0.1, 0.15) is 32.3 Å². The molecule has 0 aromatic heterocycles. The lowest BCUT2D eigenvalue weighted by Gasteiger charge is -2.39. The van der Waals surface area contributed by atoms with Crippen molar-refractivity contribution in [1.82, 2.24) is 4.90 Å². The van der Waals surface area contributed by atoms with Gasteiger partial charge in [0, 0.05) is 0 Å². The second kappa shape index (κ2) is 4.46. The van der Waals surface area contributed by atoms with Crippen LogP contribution in [0.5, 0.6) is 5.75 Å². The smallest absolute Gasteiger partial charge is 0.115 e. The van der Waals surface area contributed by atoms with Gasteiger partial charge in [-0.25, -0.2) is 0 Å². The largest absolute Gasteiger partial charge is 0.508 e. The predicted molar refractivity (Wildman–Crippen MR) is 66.8 cm³/mol. The summed E-state index contributed by atoms with van der Waals surface area (Å²) in [5, 5.41) is 9.31. The molecule has 1 saturated heterocycles. The summed E-state index contributed by atoms with van der Waals surface area (Å²) >= 11 is 0. The van der Waals surface area contributed by atoms with Crippen LogP contribution in [0.2, 0.25) is 0 Å². The Kier molecular flexibility index (Phi) is 3.20. The van der Waals surface area contributed by atoms with Crippen LogP contribution in [-0.4, -0.2) is 29.6 Å². The highest BCUT2D eigenvalue weighted by Gasteiger charge is 2.30. The molecule has 2 heteroatoms. The maximum absolute atomic E-state index is 9.31. The molecule has 2 nitrogen and oxygen atoms in total. The van der Waals surface area contributed by atoms with Gasteiger partial charge in [0.2, 0.25) is 0 Å². The zero-order chi connectivity index (χ0) is 11.6. The van der Waals surface area contributed by atoms with E-state index in [4.69, 9.17) is 0 Å². The molecule has 1 aromatic rings. The van der Waals surface area contributed by atoms with E-state index in [0.29, 0.717) is 11.2 Å². The Morgan fingerprint density at radius 2 is 1.75 bits per heavy atom. The van der Waals surface area contributed by atoms with E-state index < -0.39 is 0 Å². The van der Waals surface area contributed by atoms with Crippen LogP contribution in [0.3, 0.4) is 0 Å². The first-order valence-electron chi connectivity index (χ1n) is 6.16. The molecule has 0 unspecified atom stereocenters. The lowest BCUT2D eigenvalue weighted by atomic mass is 9.74. The van der Waals surface area contributed by atoms with E-state index in [1.807, 2.05) is 0 Å². The number of piperidine rings is 1. The number of aromatic hydroxyl groups is 1. The summed E-state index contributed by atoms with van der Waals surface area (Å²) in [4.78, 5) is 2.50. The molecule has 1 N–H and O–H groups in total. The molecule has 0 saturated carbocycles. The highest BCUT2D eigenvalue weighted by atomic mass is 16.3. The van der Waals surface area contributed by atoms with Crippen molar-refractivity contribution in [3.05, 3.63) is 29.8 Å². The van der Waals surface area contributed by atoms with Crippen LogP contribution in [0.15, 0.2) is 24.3 Å². The maximum atomic E-state index is 9.31. The molecule has 16 heavy (non-hydrogen) atoms. The van der Waals surface area contributed by atoms with Crippen molar-refractivity contribution >= 4 is 0 Å². The third kappa shape index (κ3) is 2.22. The molecule has 1 aliphatic rings. The van der Waals surface area contributed by atoms with Gasteiger partial charge in [-0.05, 0) is 55.6 Å². The average molecular weight is 219 g/mol. The van der Waals surface area contributed by atoms with Gasteiger partial charge in [-0.2, -0.15) is 0 Å². The van der Waals surface area contributed by atoms with Gasteiger partial charge in [-0.3, -0.25) is 0 Å². The van der Waals surface area contributed by atoms with E-state index in [-0.39, 0.29) is 0 Å². The Morgan fingerprint density at radius 1 is 1.19 bits per heavy atom. The van der Waals surface area contributed by atoms with E-state index >= 15 is 0 Å². The first-order chi connectivity index (χ1) is 7.64. The zero-order valence-electron chi connectivity index (χ0n) is 10.2. The maximum Gasteiger partial charge on any atom is 0.115 e. The fourth-order valence-electron chi connectivity index (χ4n) is 2.52. The Balaban J connectivity index is 2.11. The highest BCUT2D eigenvalue weighted by molar-refractivity contribution is 5.31. The zero-order valence-corrected chi connectivity index (χ0v) is 10.2. The van der Waals surface area contributed by atoms with Gasteiger partial charge in [-0.1, -0.05) is 26.0 Å². The normalized spacial score (nSPS) is 20.9. The van der Waals surface area contributed by atoms with Crippen LogP contribution in [0.25, 0.3) is 0 Å². The second-order valence-electron chi connectivity index (χ2n) is 5.04. The van der Waals surface area contributed by atoms with Crippen LogP contribution in [0, 0.1) is 0 Å². The minimum Gasteiger partial charge on any atom is -0.508 e. The summed E-state index contributed by atoms with van der Waals surface area (Å²) in [5.74, 6) is 0.360. The van der Waals surface area contributed by atoms with Crippen LogP contribution >= 0.6 is 0 Å². The topological polar surface area (TPSA) is 23.5 Å². The molecular formula is C14H21NO. The number of phenols is 1. The Labute approximate surface area is 97.9 Å². The molecule has 1 aromatic carbocycles. The SMILES string of the molecule is CCN1CCC(C)(c2ccc(O)cc2)CC1. The second-order valence-corrected chi connectivity index (χ2v) is 5.04. The molecule has 1 aliphatic heterocycles. The summed E-state index contributed by atoms with van der Waals surface area (Å²) in [7, 11) is 0. The van der Waals surface area contributed by atoms with Crippen molar-refractivity contribution in [3.8, 4) is 5.75 Å². The summed E-state index contributed by atoms with van der Waals surface area (Å²) < 4.78 is 0. The van der Waals surface area contributed by atoms with Crippen molar-refractivity contribution < 1.29 is 5.11 Å². The molecule has 1 fully saturated rings. The number of rotatable bonds is 2. The molecule has 0 aliphatic carbocycles. The van der Waals surface area contributed by atoms with Gasteiger partial charge in [0.15, 0.2) is 0 Å². The van der Waals surface area contributed by atoms with Gasteiger partial charge in [0.05, 0.1) is 0 Å². The number of hydrogen-bond acceptors (Lipinski definition) is 2. The monoisotopic (exact) mass is 219 g/mol. The van der Waals surface area contributed by atoms with Gasteiger partial charge in [-0.15, -0.1) is 0 Å². The Bertz CT molecular complexity index is 336. The van der Waals surface area contributed by atoms with Crippen molar-refractivity contribution in [1.29, 1.82) is 0 Å². The van der Waals surface area contributed by atoms with Crippen molar-refractivity contribution in [2.45, 2.75) is 32.1 Å². The van der Waals surface area contributed by atoms with Gasteiger partial charge in [0.25, 0.3) is 0 Å². The first-order valence-corrected chi connectivity index (χ1v) is 6.16. The number of phenolic OH excluding ortho intramolecular Hbond substituents is 1. The van der Waals surface area contributed by atoms with E-state index in [2.05, 4.69) is 30.9 Å². The van der Waals surface area contributed by atoms with Crippen molar-refractivity contribution in [2.24, 2.45) is 0 Å². The standard InChI is InChI=1S/C14H21NO/c1-3-15-10-8-14(2,9-11-15)12-4-6-13(16)7-5-12/h4-7,16H,3,8-11H2,1-2H3. The highest BCUT2D eigenvalue weighted by Crippen LogP contribution is 2.35. The third-order valence-corrected chi connectivity index (χ3v) is 3.97. The quantitative estimate of drug-likeness (QED) is 0.826. The van der Waals surface area contributed by atoms with Crippen molar-refractivity contribution in [3.63, 3.8) is 0 Å². The fourth-order valence-corrected chi connectivity index (χ4v) is 2.52. The first kappa shape index (κ1) is 11.5. The van der Waals surface area contributed by atoms with E-state index in [1.165, 1.54) is 31.5 Å². The van der Waals surface area contributed by atoms with E-state index in [0.717, 1.165) is 6.54 Å². The molecule has 0 bridgehead atoms. The summed E-state index contributed by atoms with van der Waals surface area (Å²) in [5.41, 5.74) is 1.65. The third-order valence-electron chi connectivity index (χ3n) is 3.97. The molecule has 0 radical (unpaired) electrons. The van der Waals surface area contributed by atoms with Crippen LogP contribution in [-0.2, 0) is 5.41 Å². The fraction of sp³-hybridized carbons (Fsp3) is 0.571. The van der Waals surface area contributed by atoms with Crippen LogP contribution < -0.4 is 0 Å². The number of nitrogens with zero attached hydrogens (tertiary/aromatic N) is 1. The Morgan fingerprint density at radius 3 is 2.25 bits per heavy atom. The minimum absolute atomic E-state index is 0.291. The summed E-state index contributed by atoms with van der Waals surface area (Å²) in [6.45, 7) is 8.10. The van der Waals surface area contributed by atoms with E-state index in [9.17, 15) is 5.11 Å². The number of hydrogen-bond donors (Lipinski definition) is 1. The lowest BCUT2D eigenvalue weighted by molar-refractivity contribution is 0.176. The molecule has 0 spiro atoms. The molecule has 0 amide bonds. The van der Waals surface area contributed by atoms with Gasteiger partial charge < -0.3 is 10.0 Å². The average Bonchev–Trinajstić information content (AvgIpc) is 2.31. The lowest BCUT2D eigenvalue weighted by Crippen LogP contribution is -2.40. The molecule has 88 valence electrons.